The number of hydrogen-bond acceptors (Lipinski definition) is 3. The number of nitrogens with zero attached hydrogens (tertiary/aromatic N) is 4. The highest BCUT2D eigenvalue weighted by atomic mass is 15.2. The Labute approximate surface area is 127 Å². The maximum atomic E-state index is 4.80. The van der Waals surface area contributed by atoms with Crippen molar-refractivity contribution in [3.05, 3.63) is 24.2 Å². The van der Waals surface area contributed by atoms with Crippen LogP contribution in [0.5, 0.6) is 0 Å². The van der Waals surface area contributed by atoms with E-state index >= 15 is 0 Å². The van der Waals surface area contributed by atoms with Crippen LogP contribution in [0.15, 0.2) is 18.3 Å². The minimum atomic E-state index is 0.621. The number of piperidine rings is 1. The molecule has 0 aliphatic carbocycles. The molecule has 0 saturated carbocycles. The fourth-order valence-corrected chi connectivity index (χ4v) is 3.19. The molecule has 1 aliphatic rings. The molecule has 114 valence electrons. The zero-order valence-corrected chi connectivity index (χ0v) is 13.3. The van der Waals surface area contributed by atoms with Gasteiger partial charge < -0.3 is 9.47 Å². The van der Waals surface area contributed by atoms with Gasteiger partial charge in [-0.2, -0.15) is 0 Å². The standard InChI is InChI=1S/C17H26N4/c1-14(2)13-16-19-15-7-6-8-18-17(15)21(16)12-11-20-9-4-3-5-10-20/h6-8,14H,3-5,9-13H2,1-2H3. The summed E-state index contributed by atoms with van der Waals surface area (Å²) in [6.45, 7) is 9.13. The summed E-state index contributed by atoms with van der Waals surface area (Å²) in [5.74, 6) is 1.81. The van der Waals surface area contributed by atoms with Crippen molar-refractivity contribution in [2.75, 3.05) is 19.6 Å². The van der Waals surface area contributed by atoms with Gasteiger partial charge in [0.05, 0.1) is 0 Å². The molecule has 0 N–H and O–H groups in total. The van der Waals surface area contributed by atoms with Crippen molar-refractivity contribution in [2.45, 2.75) is 46.1 Å². The van der Waals surface area contributed by atoms with Gasteiger partial charge in [0, 0.05) is 25.7 Å². The molecule has 0 aromatic carbocycles. The Bertz CT molecular complexity index is 581. The van der Waals surface area contributed by atoms with Crippen molar-refractivity contribution >= 4 is 11.2 Å². The largest absolute Gasteiger partial charge is 0.311 e. The van der Waals surface area contributed by atoms with Crippen LogP contribution < -0.4 is 0 Å². The molecule has 2 aromatic rings. The van der Waals surface area contributed by atoms with Gasteiger partial charge in [0.2, 0.25) is 0 Å². The first kappa shape index (κ1) is 14.5. The molecule has 0 amide bonds. The molecule has 0 unspecified atom stereocenters. The summed E-state index contributed by atoms with van der Waals surface area (Å²) in [5.41, 5.74) is 2.08. The van der Waals surface area contributed by atoms with E-state index in [0.29, 0.717) is 5.92 Å². The Morgan fingerprint density at radius 2 is 1.95 bits per heavy atom. The van der Waals surface area contributed by atoms with Gasteiger partial charge in [-0.15, -0.1) is 0 Å². The Balaban J connectivity index is 1.80. The molecule has 21 heavy (non-hydrogen) atoms. The second-order valence-electron chi connectivity index (χ2n) is 6.53. The Morgan fingerprint density at radius 3 is 2.71 bits per heavy atom. The fraction of sp³-hybridized carbons (Fsp3) is 0.647. The highest BCUT2D eigenvalue weighted by Crippen LogP contribution is 2.17. The summed E-state index contributed by atoms with van der Waals surface area (Å²) in [6, 6.07) is 4.05. The number of likely N-dealkylation sites (tertiary alicyclic amines) is 1. The maximum Gasteiger partial charge on any atom is 0.160 e. The van der Waals surface area contributed by atoms with E-state index in [2.05, 4.69) is 34.4 Å². The van der Waals surface area contributed by atoms with Crippen LogP contribution in [0, 0.1) is 5.92 Å². The smallest absolute Gasteiger partial charge is 0.160 e. The van der Waals surface area contributed by atoms with Gasteiger partial charge in [0.25, 0.3) is 0 Å². The predicted octanol–water partition coefficient (Wildman–Crippen LogP) is 3.12. The summed E-state index contributed by atoms with van der Waals surface area (Å²) in [4.78, 5) is 11.9. The number of hydrogen-bond donors (Lipinski definition) is 0. The summed E-state index contributed by atoms with van der Waals surface area (Å²) in [7, 11) is 0. The van der Waals surface area contributed by atoms with Gasteiger partial charge in [-0.3, -0.25) is 0 Å². The molecule has 3 rings (SSSR count). The molecule has 0 radical (unpaired) electrons. The lowest BCUT2D eigenvalue weighted by Crippen LogP contribution is -2.32. The van der Waals surface area contributed by atoms with E-state index in [1.165, 1.54) is 38.2 Å². The first-order chi connectivity index (χ1) is 10.2. The molecule has 3 heterocycles. The van der Waals surface area contributed by atoms with Gasteiger partial charge in [-0.1, -0.05) is 20.3 Å². The molecule has 1 saturated heterocycles. The van der Waals surface area contributed by atoms with Crippen LogP contribution in [0.4, 0.5) is 0 Å². The SMILES string of the molecule is CC(C)Cc1nc2cccnc2n1CCN1CCCCC1. The molecular weight excluding hydrogens is 260 g/mol. The van der Waals surface area contributed by atoms with Gasteiger partial charge in [0.1, 0.15) is 11.3 Å². The third kappa shape index (κ3) is 3.43. The monoisotopic (exact) mass is 286 g/mol. The number of pyridine rings is 1. The van der Waals surface area contributed by atoms with E-state index in [-0.39, 0.29) is 0 Å². The zero-order valence-electron chi connectivity index (χ0n) is 13.3. The molecule has 1 aliphatic heterocycles. The molecule has 0 bridgehead atoms. The number of fused-ring (bicyclic) bond motifs is 1. The lowest BCUT2D eigenvalue weighted by molar-refractivity contribution is 0.220. The minimum Gasteiger partial charge on any atom is -0.311 e. The van der Waals surface area contributed by atoms with E-state index in [1.54, 1.807) is 0 Å². The number of rotatable bonds is 5. The van der Waals surface area contributed by atoms with Crippen molar-refractivity contribution in [1.82, 2.24) is 19.4 Å². The average molecular weight is 286 g/mol. The van der Waals surface area contributed by atoms with Crippen molar-refractivity contribution in [2.24, 2.45) is 5.92 Å². The number of aromatic nitrogens is 3. The quantitative estimate of drug-likeness (QED) is 0.847. The minimum absolute atomic E-state index is 0.621. The molecule has 0 atom stereocenters. The van der Waals surface area contributed by atoms with Gasteiger partial charge >= 0.3 is 0 Å². The average Bonchev–Trinajstić information content (AvgIpc) is 2.82. The Kier molecular flexibility index (Phi) is 4.54. The lowest BCUT2D eigenvalue weighted by atomic mass is 10.1. The maximum absolute atomic E-state index is 4.80. The molecule has 4 heteroatoms. The van der Waals surface area contributed by atoms with Gasteiger partial charge in [-0.05, 0) is 44.0 Å². The number of imidazole rings is 1. The summed E-state index contributed by atoms with van der Waals surface area (Å²) >= 11 is 0. The molecule has 1 fully saturated rings. The zero-order chi connectivity index (χ0) is 14.7. The second kappa shape index (κ2) is 6.56. The van der Waals surface area contributed by atoms with E-state index in [4.69, 9.17) is 4.98 Å². The summed E-state index contributed by atoms with van der Waals surface area (Å²) in [5, 5.41) is 0. The third-order valence-corrected chi connectivity index (χ3v) is 4.26. The van der Waals surface area contributed by atoms with Crippen molar-refractivity contribution in [1.29, 1.82) is 0 Å². The molecular formula is C17H26N4. The summed E-state index contributed by atoms with van der Waals surface area (Å²) < 4.78 is 2.34. The highest BCUT2D eigenvalue weighted by Gasteiger charge is 2.15. The van der Waals surface area contributed by atoms with Gasteiger partial charge in [-0.25, -0.2) is 9.97 Å². The predicted molar refractivity (Wildman–Crippen MR) is 86.4 cm³/mol. The van der Waals surface area contributed by atoms with Crippen LogP contribution in [0.1, 0.15) is 38.9 Å². The van der Waals surface area contributed by atoms with Crippen LogP contribution in [0.3, 0.4) is 0 Å². The third-order valence-electron chi connectivity index (χ3n) is 4.26. The van der Waals surface area contributed by atoms with Gasteiger partial charge in [0.15, 0.2) is 5.65 Å². The molecule has 2 aromatic heterocycles. The van der Waals surface area contributed by atoms with Crippen LogP contribution in [0.25, 0.3) is 11.2 Å². The van der Waals surface area contributed by atoms with Crippen molar-refractivity contribution in [3.8, 4) is 0 Å². The van der Waals surface area contributed by atoms with Crippen LogP contribution in [-0.4, -0.2) is 39.1 Å². The summed E-state index contributed by atoms with van der Waals surface area (Å²) in [6.07, 6.45) is 6.99. The Hall–Kier alpha value is -1.42. The van der Waals surface area contributed by atoms with E-state index < -0.39 is 0 Å². The topological polar surface area (TPSA) is 34.0 Å². The van der Waals surface area contributed by atoms with Crippen molar-refractivity contribution in [3.63, 3.8) is 0 Å². The van der Waals surface area contributed by atoms with Crippen LogP contribution >= 0.6 is 0 Å². The fourth-order valence-electron chi connectivity index (χ4n) is 3.19. The highest BCUT2D eigenvalue weighted by molar-refractivity contribution is 5.71. The Morgan fingerprint density at radius 1 is 1.14 bits per heavy atom. The lowest BCUT2D eigenvalue weighted by Gasteiger charge is -2.26. The first-order valence-electron chi connectivity index (χ1n) is 8.26. The van der Waals surface area contributed by atoms with Crippen LogP contribution in [-0.2, 0) is 13.0 Å². The van der Waals surface area contributed by atoms with Crippen LogP contribution in [0.2, 0.25) is 0 Å². The van der Waals surface area contributed by atoms with E-state index in [1.807, 2.05) is 12.3 Å². The molecule has 4 nitrogen and oxygen atoms in total. The molecule has 0 spiro atoms. The van der Waals surface area contributed by atoms with E-state index in [0.717, 1.165) is 30.7 Å². The first-order valence-corrected chi connectivity index (χ1v) is 8.26. The van der Waals surface area contributed by atoms with E-state index in [9.17, 15) is 0 Å². The normalized spacial score (nSPS) is 16.9. The second-order valence-corrected chi connectivity index (χ2v) is 6.53. The van der Waals surface area contributed by atoms with Crippen molar-refractivity contribution < 1.29 is 0 Å².